The summed E-state index contributed by atoms with van der Waals surface area (Å²) >= 11 is 8.74. The highest BCUT2D eigenvalue weighted by molar-refractivity contribution is 8.01. The number of amides is 1. The van der Waals surface area contributed by atoms with Gasteiger partial charge in [0, 0.05) is 16.6 Å². The number of aryl methyl sites for hydroxylation is 1. The summed E-state index contributed by atoms with van der Waals surface area (Å²) in [5.74, 6) is 0.487. The summed E-state index contributed by atoms with van der Waals surface area (Å²) in [5.41, 5.74) is 1.83. The molecule has 0 radical (unpaired) electrons. The summed E-state index contributed by atoms with van der Waals surface area (Å²) in [7, 11) is 0. The molecule has 1 aromatic carbocycles. The Labute approximate surface area is 169 Å². The van der Waals surface area contributed by atoms with Crippen LogP contribution in [0, 0.1) is 6.92 Å². The monoisotopic (exact) mass is 424 g/mol. The molecule has 0 aliphatic carbocycles. The Morgan fingerprint density at radius 3 is 2.81 bits per heavy atom. The zero-order chi connectivity index (χ0) is 19.4. The summed E-state index contributed by atoms with van der Waals surface area (Å²) in [5, 5.41) is 22.8. The Kier molecular flexibility index (Phi) is 6.30. The van der Waals surface area contributed by atoms with Crippen molar-refractivity contribution in [3.8, 4) is 0 Å². The van der Waals surface area contributed by atoms with Crippen LogP contribution in [0.4, 0.5) is 16.8 Å². The molecular weight excluding hydrogens is 408 g/mol. The molecule has 0 fully saturated rings. The first-order valence-electron chi connectivity index (χ1n) is 8.03. The summed E-state index contributed by atoms with van der Waals surface area (Å²) in [6.07, 6.45) is 0. The van der Waals surface area contributed by atoms with E-state index >= 15 is 0 Å². The van der Waals surface area contributed by atoms with Crippen LogP contribution in [-0.4, -0.2) is 32.1 Å². The second-order valence-corrected chi connectivity index (χ2v) is 8.51. The molecule has 1 amide bonds. The molecule has 0 unspecified atom stereocenters. The lowest BCUT2D eigenvalue weighted by Gasteiger charge is -2.03. The van der Waals surface area contributed by atoms with E-state index < -0.39 is 0 Å². The number of halogens is 1. The fourth-order valence-corrected chi connectivity index (χ4v) is 3.67. The molecule has 2 N–H and O–H groups in total. The minimum atomic E-state index is -0.256. The Morgan fingerprint density at radius 1 is 1.30 bits per heavy atom. The molecular formula is C16H17ClN6O2S2. The first-order valence-corrected chi connectivity index (χ1v) is 10.2. The molecule has 142 valence electrons. The van der Waals surface area contributed by atoms with E-state index in [-0.39, 0.29) is 23.6 Å². The van der Waals surface area contributed by atoms with Gasteiger partial charge in [0.25, 0.3) is 0 Å². The van der Waals surface area contributed by atoms with E-state index in [1.54, 1.807) is 0 Å². The van der Waals surface area contributed by atoms with Gasteiger partial charge >= 0.3 is 6.01 Å². The number of anilines is 3. The number of rotatable bonds is 7. The maximum Gasteiger partial charge on any atom is 0.322 e. The minimum Gasteiger partial charge on any atom is -0.408 e. The van der Waals surface area contributed by atoms with Crippen molar-refractivity contribution in [1.29, 1.82) is 0 Å². The van der Waals surface area contributed by atoms with Gasteiger partial charge in [-0.3, -0.25) is 10.1 Å². The number of aromatic nitrogens is 4. The summed E-state index contributed by atoms with van der Waals surface area (Å²) < 4.78 is 6.01. The van der Waals surface area contributed by atoms with Gasteiger partial charge in [-0.05, 0) is 24.6 Å². The van der Waals surface area contributed by atoms with Crippen LogP contribution in [0.5, 0.6) is 0 Å². The van der Waals surface area contributed by atoms with Gasteiger partial charge in [-0.2, -0.15) is 0 Å². The molecule has 0 atom stereocenters. The molecule has 27 heavy (non-hydrogen) atoms. The first kappa shape index (κ1) is 19.6. The average molecular weight is 425 g/mol. The molecule has 0 bridgehead atoms. The number of thioether (sulfide) groups is 1. The summed E-state index contributed by atoms with van der Waals surface area (Å²) in [6, 6.07) is 5.77. The molecule has 0 aliphatic heterocycles. The van der Waals surface area contributed by atoms with Gasteiger partial charge in [-0.15, -0.1) is 15.3 Å². The van der Waals surface area contributed by atoms with Crippen LogP contribution in [0.2, 0.25) is 5.02 Å². The highest BCUT2D eigenvalue weighted by atomic mass is 35.5. The van der Waals surface area contributed by atoms with Gasteiger partial charge in [-0.1, -0.05) is 59.7 Å². The van der Waals surface area contributed by atoms with E-state index in [4.69, 9.17) is 16.0 Å². The lowest BCUT2D eigenvalue weighted by atomic mass is 10.2. The summed E-state index contributed by atoms with van der Waals surface area (Å²) in [6.45, 7) is 5.80. The average Bonchev–Trinajstić information content (AvgIpc) is 3.26. The number of carbonyl (C=O) groups is 1. The fourth-order valence-electron chi connectivity index (χ4n) is 1.91. The van der Waals surface area contributed by atoms with E-state index in [9.17, 15) is 4.79 Å². The predicted molar refractivity (Wildman–Crippen MR) is 107 cm³/mol. The topological polar surface area (TPSA) is 106 Å². The smallest absolute Gasteiger partial charge is 0.322 e. The molecule has 0 spiro atoms. The maximum atomic E-state index is 12.0. The van der Waals surface area contributed by atoms with Gasteiger partial charge < -0.3 is 9.73 Å². The SMILES string of the molecule is Cc1ccc(Nc2nnc(SCC(=O)Nc3nnc(C(C)C)o3)s2)cc1Cl. The van der Waals surface area contributed by atoms with E-state index in [2.05, 4.69) is 31.0 Å². The number of hydrogen-bond acceptors (Lipinski definition) is 9. The van der Waals surface area contributed by atoms with Crippen molar-refractivity contribution in [3.63, 3.8) is 0 Å². The quantitative estimate of drug-likeness (QED) is 0.534. The minimum absolute atomic E-state index is 0.0974. The zero-order valence-electron chi connectivity index (χ0n) is 14.8. The Balaban J connectivity index is 1.51. The van der Waals surface area contributed by atoms with Crippen molar-refractivity contribution in [2.45, 2.75) is 31.0 Å². The molecule has 2 aromatic heterocycles. The van der Waals surface area contributed by atoms with Crippen molar-refractivity contribution in [2.75, 3.05) is 16.4 Å². The van der Waals surface area contributed by atoms with Crippen molar-refractivity contribution < 1.29 is 9.21 Å². The van der Waals surface area contributed by atoms with Gasteiger partial charge in [-0.25, -0.2) is 0 Å². The largest absolute Gasteiger partial charge is 0.408 e. The Morgan fingerprint density at radius 2 is 2.11 bits per heavy atom. The van der Waals surface area contributed by atoms with Crippen molar-refractivity contribution in [2.24, 2.45) is 0 Å². The van der Waals surface area contributed by atoms with Crippen LogP contribution in [0.15, 0.2) is 27.0 Å². The third-order valence-corrected chi connectivity index (χ3v) is 5.72. The van der Waals surface area contributed by atoms with E-state index in [0.29, 0.717) is 20.4 Å². The van der Waals surface area contributed by atoms with Gasteiger partial charge in [0.1, 0.15) is 0 Å². The van der Waals surface area contributed by atoms with Gasteiger partial charge in [0.05, 0.1) is 5.75 Å². The summed E-state index contributed by atoms with van der Waals surface area (Å²) in [4.78, 5) is 12.0. The van der Waals surface area contributed by atoms with Crippen LogP contribution in [0.1, 0.15) is 31.2 Å². The van der Waals surface area contributed by atoms with E-state index in [0.717, 1.165) is 11.3 Å². The van der Waals surface area contributed by atoms with E-state index in [1.165, 1.54) is 23.1 Å². The number of nitrogens with one attached hydrogen (secondary N) is 2. The second kappa shape index (κ2) is 8.68. The van der Waals surface area contributed by atoms with Crippen molar-refractivity contribution in [3.05, 3.63) is 34.7 Å². The van der Waals surface area contributed by atoms with Crippen molar-refractivity contribution >= 4 is 57.4 Å². The number of benzene rings is 1. The van der Waals surface area contributed by atoms with E-state index in [1.807, 2.05) is 39.0 Å². The lowest BCUT2D eigenvalue weighted by Crippen LogP contribution is -2.14. The zero-order valence-corrected chi connectivity index (χ0v) is 17.2. The molecule has 8 nitrogen and oxygen atoms in total. The molecule has 0 saturated carbocycles. The van der Waals surface area contributed by atoms with Crippen LogP contribution in [0.25, 0.3) is 0 Å². The predicted octanol–water partition coefficient (Wildman–Crippen LogP) is 4.48. The normalized spacial score (nSPS) is 11.0. The van der Waals surface area contributed by atoms with Gasteiger partial charge in [0.15, 0.2) is 4.34 Å². The van der Waals surface area contributed by atoms with Gasteiger partial charge in [0.2, 0.25) is 16.9 Å². The highest BCUT2D eigenvalue weighted by Crippen LogP contribution is 2.29. The standard InChI is InChI=1S/C16H17ClN6O2S2/c1-8(2)13-20-21-14(25-13)19-12(24)7-26-16-23-22-15(27-16)18-10-5-4-9(3)11(17)6-10/h4-6,8H,7H2,1-3H3,(H,18,22)(H,19,21,24). The first-order chi connectivity index (χ1) is 12.9. The number of nitrogens with zero attached hydrogens (tertiary/aromatic N) is 4. The molecule has 2 heterocycles. The maximum absolute atomic E-state index is 12.0. The molecule has 0 saturated heterocycles. The molecule has 0 aliphatic rings. The fraction of sp³-hybridized carbons (Fsp3) is 0.312. The molecule has 11 heteroatoms. The third kappa shape index (κ3) is 5.41. The molecule has 3 aromatic rings. The van der Waals surface area contributed by atoms with Crippen molar-refractivity contribution in [1.82, 2.24) is 20.4 Å². The Hall–Kier alpha value is -2.17. The van der Waals surface area contributed by atoms with Crippen LogP contribution < -0.4 is 10.6 Å². The molecule has 3 rings (SSSR count). The number of carbonyl (C=O) groups excluding carboxylic acids is 1. The Bertz CT molecular complexity index is 943. The number of hydrogen-bond donors (Lipinski definition) is 2. The third-order valence-electron chi connectivity index (χ3n) is 3.34. The van der Waals surface area contributed by atoms with Crippen LogP contribution in [-0.2, 0) is 4.79 Å². The van der Waals surface area contributed by atoms with Crippen LogP contribution in [0.3, 0.4) is 0 Å². The lowest BCUT2D eigenvalue weighted by molar-refractivity contribution is -0.113. The van der Waals surface area contributed by atoms with Crippen LogP contribution >= 0.6 is 34.7 Å². The second-order valence-electron chi connectivity index (χ2n) is 5.90. The highest BCUT2D eigenvalue weighted by Gasteiger charge is 2.13.